The number of nitrogens with one attached hydrogen (secondary N) is 2. The molecule has 1 aliphatic heterocycles. The van der Waals surface area contributed by atoms with Crippen LogP contribution < -0.4 is 21.1 Å². The molecule has 0 amide bonds. The second-order valence-electron chi connectivity index (χ2n) is 3.87. The molecule has 0 fully saturated rings. The molecular weight excluding hydrogens is 251 g/mol. The van der Waals surface area contributed by atoms with Gasteiger partial charge in [0.05, 0.1) is 12.7 Å². The molecule has 0 saturated heterocycles. The van der Waals surface area contributed by atoms with Crippen molar-refractivity contribution < 1.29 is 9.13 Å². The summed E-state index contributed by atoms with van der Waals surface area (Å²) in [5.41, 5.74) is 5.41. The Morgan fingerprint density at radius 2 is 2.26 bits per heavy atom. The Morgan fingerprint density at radius 1 is 1.37 bits per heavy atom. The highest BCUT2D eigenvalue weighted by atomic mass is 19.1. The van der Waals surface area contributed by atoms with Crippen LogP contribution in [-0.4, -0.2) is 28.1 Å². The van der Waals surface area contributed by atoms with Crippen molar-refractivity contribution in [1.29, 1.82) is 0 Å². The Hall–Kier alpha value is -2.64. The summed E-state index contributed by atoms with van der Waals surface area (Å²) in [6.45, 7) is 1.27. The lowest BCUT2D eigenvalue weighted by Crippen LogP contribution is -2.19. The zero-order chi connectivity index (χ0) is 13.2. The molecule has 2 aromatic rings. The minimum absolute atomic E-state index is 0.0108. The first-order valence-corrected chi connectivity index (χ1v) is 5.65. The minimum Gasteiger partial charge on any atom is -0.488 e. The zero-order valence-corrected chi connectivity index (χ0v) is 9.85. The van der Waals surface area contributed by atoms with Gasteiger partial charge in [-0.1, -0.05) is 0 Å². The van der Waals surface area contributed by atoms with E-state index >= 15 is 0 Å². The van der Waals surface area contributed by atoms with Gasteiger partial charge >= 0.3 is 0 Å². The molecule has 0 radical (unpaired) electrons. The van der Waals surface area contributed by atoms with Gasteiger partial charge in [0.2, 0.25) is 5.95 Å². The maximum Gasteiger partial charge on any atom is 0.222 e. The molecule has 0 aliphatic carbocycles. The second kappa shape index (κ2) is 4.56. The molecule has 0 unspecified atom stereocenters. The normalized spacial score (nSPS) is 13.1. The number of hydrogen-bond donors (Lipinski definition) is 3. The molecule has 0 bridgehead atoms. The Kier molecular flexibility index (Phi) is 2.75. The lowest BCUT2D eigenvalue weighted by atomic mass is 10.3. The molecule has 98 valence electrons. The van der Waals surface area contributed by atoms with Crippen LogP contribution in [0.1, 0.15) is 0 Å². The first kappa shape index (κ1) is 11.5. The maximum atomic E-state index is 13.5. The quantitative estimate of drug-likeness (QED) is 0.746. The van der Waals surface area contributed by atoms with Crippen LogP contribution in [0.4, 0.5) is 27.8 Å². The zero-order valence-electron chi connectivity index (χ0n) is 9.85. The number of halogens is 1. The van der Waals surface area contributed by atoms with Crippen LogP contribution in [0.3, 0.4) is 0 Å². The molecular formula is C11H11FN6O. The number of pyridine rings is 1. The number of hydrogen-bond acceptors (Lipinski definition) is 7. The summed E-state index contributed by atoms with van der Waals surface area (Å²) in [5.74, 6) is 1.09. The highest BCUT2D eigenvalue weighted by Crippen LogP contribution is 2.27. The number of nitrogens with zero attached hydrogens (tertiary/aromatic N) is 3. The highest BCUT2D eigenvalue weighted by Gasteiger charge is 2.13. The van der Waals surface area contributed by atoms with Crippen LogP contribution in [0, 0.1) is 5.82 Å². The van der Waals surface area contributed by atoms with Crippen molar-refractivity contribution in [3.05, 3.63) is 24.1 Å². The van der Waals surface area contributed by atoms with Crippen LogP contribution in [0.5, 0.6) is 5.75 Å². The van der Waals surface area contributed by atoms with Gasteiger partial charge in [-0.3, -0.25) is 0 Å². The third-order valence-electron chi connectivity index (χ3n) is 2.52. The van der Waals surface area contributed by atoms with E-state index in [0.717, 1.165) is 6.20 Å². The third-order valence-corrected chi connectivity index (χ3v) is 2.52. The van der Waals surface area contributed by atoms with Crippen molar-refractivity contribution >= 4 is 23.4 Å². The summed E-state index contributed by atoms with van der Waals surface area (Å²) in [6, 6.07) is 3.42. The van der Waals surface area contributed by atoms with Gasteiger partial charge in [-0.15, -0.1) is 0 Å². The number of ether oxygens (including phenoxy) is 1. The second-order valence-corrected chi connectivity index (χ2v) is 3.87. The van der Waals surface area contributed by atoms with Gasteiger partial charge in [0.15, 0.2) is 23.2 Å². The van der Waals surface area contributed by atoms with Crippen LogP contribution in [-0.2, 0) is 0 Å². The molecule has 0 saturated carbocycles. The van der Waals surface area contributed by atoms with E-state index in [-0.39, 0.29) is 11.8 Å². The third kappa shape index (κ3) is 2.32. The number of aromatic nitrogens is 3. The van der Waals surface area contributed by atoms with Crippen molar-refractivity contribution in [2.45, 2.75) is 0 Å². The first-order valence-electron chi connectivity index (χ1n) is 5.65. The fraction of sp³-hybridized carbons (Fsp3) is 0.182. The van der Waals surface area contributed by atoms with Gasteiger partial charge in [-0.25, -0.2) is 14.4 Å². The standard InChI is InChI=1S/C11H11FN6O/c12-6-5-15-11(13)18-9(6)16-8-2-1-7-10(17-8)14-3-4-19-7/h1-2,5H,3-4H2,(H4,13,14,15,16,17,18). The van der Waals surface area contributed by atoms with Crippen molar-refractivity contribution in [1.82, 2.24) is 15.0 Å². The van der Waals surface area contributed by atoms with E-state index in [1.807, 2.05) is 0 Å². The number of rotatable bonds is 2. The maximum absolute atomic E-state index is 13.5. The molecule has 0 aromatic carbocycles. The topological polar surface area (TPSA) is 98.0 Å². The lowest BCUT2D eigenvalue weighted by molar-refractivity contribution is 0.321. The Labute approximate surface area is 108 Å². The van der Waals surface area contributed by atoms with Gasteiger partial charge in [-0.05, 0) is 12.1 Å². The smallest absolute Gasteiger partial charge is 0.222 e. The molecule has 4 N–H and O–H groups in total. The molecule has 19 heavy (non-hydrogen) atoms. The van der Waals surface area contributed by atoms with Gasteiger partial charge in [0.1, 0.15) is 12.4 Å². The Bertz CT molecular complexity index is 620. The summed E-state index contributed by atoms with van der Waals surface area (Å²) >= 11 is 0. The van der Waals surface area contributed by atoms with Crippen LogP contribution in [0.2, 0.25) is 0 Å². The van der Waals surface area contributed by atoms with E-state index in [0.29, 0.717) is 30.5 Å². The predicted octanol–water partition coefficient (Wildman–Crippen LogP) is 1.14. The summed E-state index contributed by atoms with van der Waals surface area (Å²) in [5, 5.41) is 5.84. The molecule has 1 aliphatic rings. The van der Waals surface area contributed by atoms with E-state index in [4.69, 9.17) is 10.5 Å². The van der Waals surface area contributed by atoms with Crippen molar-refractivity contribution in [3.63, 3.8) is 0 Å². The molecule has 3 heterocycles. The monoisotopic (exact) mass is 262 g/mol. The molecule has 7 nitrogen and oxygen atoms in total. The molecule has 0 atom stereocenters. The largest absolute Gasteiger partial charge is 0.488 e. The SMILES string of the molecule is Nc1ncc(F)c(Nc2ccc3c(n2)NCCO3)n1. The highest BCUT2D eigenvalue weighted by molar-refractivity contribution is 5.61. The van der Waals surface area contributed by atoms with Gasteiger partial charge in [0.25, 0.3) is 0 Å². The number of nitrogens with two attached hydrogens (primary N) is 1. The Morgan fingerprint density at radius 3 is 3.16 bits per heavy atom. The molecule has 2 aromatic heterocycles. The summed E-state index contributed by atoms with van der Waals surface area (Å²) in [4.78, 5) is 11.6. The van der Waals surface area contributed by atoms with Crippen LogP contribution >= 0.6 is 0 Å². The van der Waals surface area contributed by atoms with Crippen LogP contribution in [0.25, 0.3) is 0 Å². The van der Waals surface area contributed by atoms with Crippen LogP contribution in [0.15, 0.2) is 18.3 Å². The van der Waals surface area contributed by atoms with Gasteiger partial charge in [0, 0.05) is 0 Å². The van der Waals surface area contributed by atoms with Crippen molar-refractivity contribution in [2.24, 2.45) is 0 Å². The molecule has 0 spiro atoms. The van der Waals surface area contributed by atoms with E-state index < -0.39 is 5.82 Å². The molecule has 3 rings (SSSR count). The lowest BCUT2D eigenvalue weighted by Gasteiger charge is -2.18. The number of anilines is 4. The van der Waals surface area contributed by atoms with E-state index in [2.05, 4.69) is 25.6 Å². The first-order chi connectivity index (χ1) is 9.22. The summed E-state index contributed by atoms with van der Waals surface area (Å²) in [7, 11) is 0. The van der Waals surface area contributed by atoms with Crippen molar-refractivity contribution in [3.8, 4) is 5.75 Å². The average Bonchev–Trinajstić information content (AvgIpc) is 2.43. The summed E-state index contributed by atoms with van der Waals surface area (Å²) < 4.78 is 18.9. The van der Waals surface area contributed by atoms with E-state index in [1.165, 1.54) is 0 Å². The van der Waals surface area contributed by atoms with Gasteiger partial charge < -0.3 is 21.1 Å². The minimum atomic E-state index is -0.599. The van der Waals surface area contributed by atoms with Crippen molar-refractivity contribution in [2.75, 3.05) is 29.5 Å². The molecule has 8 heteroatoms. The fourth-order valence-corrected chi connectivity index (χ4v) is 1.68. The predicted molar refractivity (Wildman–Crippen MR) is 67.9 cm³/mol. The summed E-state index contributed by atoms with van der Waals surface area (Å²) in [6.07, 6.45) is 1.00. The van der Waals surface area contributed by atoms with E-state index in [1.54, 1.807) is 12.1 Å². The van der Waals surface area contributed by atoms with E-state index in [9.17, 15) is 4.39 Å². The fourth-order valence-electron chi connectivity index (χ4n) is 1.68. The number of fused-ring (bicyclic) bond motifs is 1. The number of nitrogen functional groups attached to an aromatic ring is 1. The Balaban J connectivity index is 1.89. The van der Waals surface area contributed by atoms with Gasteiger partial charge in [-0.2, -0.15) is 4.98 Å². The average molecular weight is 262 g/mol.